The lowest BCUT2D eigenvalue weighted by molar-refractivity contribution is 0.994. The van der Waals surface area contributed by atoms with Crippen LogP contribution in [0.3, 0.4) is 0 Å². The Morgan fingerprint density at radius 1 is 0.368 bits per heavy atom. The quantitative estimate of drug-likeness (QED) is 0.252. The second-order valence-corrected chi connectivity index (χ2v) is 9.51. The van der Waals surface area contributed by atoms with E-state index in [1.54, 1.807) is 0 Å². The number of rotatable bonds is 3. The van der Waals surface area contributed by atoms with Gasteiger partial charge in [-0.05, 0) is 24.3 Å². The van der Waals surface area contributed by atoms with E-state index >= 15 is 0 Å². The largest absolute Gasteiger partial charge is 0.294 e. The molecule has 0 aliphatic heterocycles. The van der Waals surface area contributed by atoms with Gasteiger partial charge in [0, 0.05) is 33.2 Å². The summed E-state index contributed by atoms with van der Waals surface area (Å²) in [5.74, 6) is 2.38. The van der Waals surface area contributed by atoms with Crippen LogP contribution in [0, 0.1) is 0 Å². The van der Waals surface area contributed by atoms with Gasteiger partial charge in [-0.3, -0.25) is 9.13 Å². The van der Waals surface area contributed by atoms with E-state index in [9.17, 15) is 0 Å². The Balaban J connectivity index is 1.51. The van der Waals surface area contributed by atoms with Gasteiger partial charge in [-0.25, -0.2) is 9.97 Å². The number of hydrogen-bond donors (Lipinski definition) is 0. The summed E-state index contributed by atoms with van der Waals surface area (Å²) in [7, 11) is 0. The van der Waals surface area contributed by atoms with Gasteiger partial charge in [-0.1, -0.05) is 103 Å². The summed E-state index contributed by atoms with van der Waals surface area (Å²) in [6.07, 6.45) is 0. The fraction of sp³-hybridized carbons (Fsp3) is 0. The highest BCUT2D eigenvalue weighted by molar-refractivity contribution is 6.10. The summed E-state index contributed by atoms with van der Waals surface area (Å²) in [6.45, 7) is 0. The van der Waals surface area contributed by atoms with Crippen molar-refractivity contribution in [2.75, 3.05) is 0 Å². The Morgan fingerprint density at radius 3 is 1.11 bits per heavy atom. The molecule has 8 rings (SSSR count). The standard InChI is InChI=1S/C34H22N4/c1-2-12-23(13-3-1)34-35-32(37-28-18-8-4-14-24(28)25-15-5-9-19-29(25)37)22-33(36-34)38-30-20-10-6-16-26(30)27-17-7-11-21-31(27)38/h1-22H. The molecule has 0 aliphatic rings. The van der Waals surface area contributed by atoms with E-state index in [4.69, 9.17) is 9.97 Å². The van der Waals surface area contributed by atoms with Crippen molar-refractivity contribution in [3.05, 3.63) is 133 Å². The molecule has 0 unspecified atom stereocenters. The molecule has 5 aromatic carbocycles. The first-order valence-corrected chi connectivity index (χ1v) is 12.8. The molecule has 3 heterocycles. The maximum Gasteiger partial charge on any atom is 0.163 e. The maximum atomic E-state index is 5.15. The Morgan fingerprint density at radius 2 is 0.711 bits per heavy atom. The van der Waals surface area contributed by atoms with Gasteiger partial charge >= 0.3 is 0 Å². The number of benzene rings is 5. The van der Waals surface area contributed by atoms with Crippen molar-refractivity contribution in [1.82, 2.24) is 19.1 Å². The third-order valence-corrected chi connectivity index (χ3v) is 7.35. The van der Waals surface area contributed by atoms with Crippen molar-refractivity contribution in [1.29, 1.82) is 0 Å². The van der Waals surface area contributed by atoms with Gasteiger partial charge in [0.15, 0.2) is 5.82 Å². The molecule has 8 aromatic rings. The molecule has 0 bridgehead atoms. The Labute approximate surface area is 219 Å². The first kappa shape index (κ1) is 20.9. The van der Waals surface area contributed by atoms with E-state index in [0.717, 1.165) is 39.3 Å². The average molecular weight is 487 g/mol. The van der Waals surface area contributed by atoms with Crippen LogP contribution in [0.1, 0.15) is 0 Å². The zero-order chi connectivity index (χ0) is 25.1. The molecule has 0 spiro atoms. The number of para-hydroxylation sites is 4. The van der Waals surface area contributed by atoms with Crippen molar-refractivity contribution in [3.63, 3.8) is 0 Å². The summed E-state index contributed by atoms with van der Waals surface area (Å²) < 4.78 is 4.52. The molecule has 0 saturated heterocycles. The molecule has 0 aliphatic carbocycles. The summed E-state index contributed by atoms with van der Waals surface area (Å²) in [5, 5.41) is 4.84. The summed E-state index contributed by atoms with van der Waals surface area (Å²) in [6, 6.07) is 46.5. The predicted octanol–water partition coefficient (Wildman–Crippen LogP) is 8.34. The monoisotopic (exact) mass is 486 g/mol. The Bertz CT molecular complexity index is 1900. The van der Waals surface area contributed by atoms with Crippen LogP contribution in [-0.2, 0) is 0 Å². The van der Waals surface area contributed by atoms with Crippen LogP contribution < -0.4 is 0 Å². The third-order valence-electron chi connectivity index (χ3n) is 7.35. The van der Waals surface area contributed by atoms with Crippen molar-refractivity contribution in [3.8, 4) is 23.0 Å². The van der Waals surface area contributed by atoms with Crippen LogP contribution >= 0.6 is 0 Å². The first-order valence-electron chi connectivity index (χ1n) is 12.8. The SMILES string of the molecule is c1ccc(-c2nc(-n3c4ccccc4c4ccccc43)cc(-n3c4ccccc4c4ccccc43)n2)cc1. The first-order chi connectivity index (χ1) is 18.9. The molecule has 3 aromatic heterocycles. The molecule has 0 radical (unpaired) electrons. The van der Waals surface area contributed by atoms with E-state index in [1.165, 1.54) is 21.5 Å². The molecule has 178 valence electrons. The molecule has 0 fully saturated rings. The van der Waals surface area contributed by atoms with Gasteiger partial charge in [0.25, 0.3) is 0 Å². The maximum absolute atomic E-state index is 5.15. The molecule has 4 heteroatoms. The molecule has 4 nitrogen and oxygen atoms in total. The van der Waals surface area contributed by atoms with E-state index in [2.05, 4.69) is 124 Å². The second kappa shape index (κ2) is 8.15. The molecular formula is C34H22N4. The lowest BCUT2D eigenvalue weighted by atomic mass is 10.2. The molecule has 0 saturated carbocycles. The van der Waals surface area contributed by atoms with Gasteiger partial charge in [0.2, 0.25) is 0 Å². The minimum atomic E-state index is 0.696. The number of hydrogen-bond acceptors (Lipinski definition) is 2. The highest BCUT2D eigenvalue weighted by Gasteiger charge is 2.18. The van der Waals surface area contributed by atoms with E-state index < -0.39 is 0 Å². The van der Waals surface area contributed by atoms with Gasteiger partial charge in [-0.15, -0.1) is 0 Å². The smallest absolute Gasteiger partial charge is 0.163 e. The summed E-state index contributed by atoms with van der Waals surface area (Å²) in [5.41, 5.74) is 5.48. The average Bonchev–Trinajstić information content (AvgIpc) is 3.51. The van der Waals surface area contributed by atoms with Crippen LogP contribution in [0.15, 0.2) is 133 Å². The van der Waals surface area contributed by atoms with Crippen molar-refractivity contribution in [2.45, 2.75) is 0 Å². The fourth-order valence-electron chi connectivity index (χ4n) is 5.71. The Hall–Kier alpha value is -5.22. The molecule has 0 N–H and O–H groups in total. The van der Waals surface area contributed by atoms with E-state index in [0.29, 0.717) is 5.82 Å². The predicted molar refractivity (Wildman–Crippen MR) is 156 cm³/mol. The topological polar surface area (TPSA) is 35.6 Å². The van der Waals surface area contributed by atoms with Crippen molar-refractivity contribution >= 4 is 43.6 Å². The number of nitrogens with zero attached hydrogens (tertiary/aromatic N) is 4. The van der Waals surface area contributed by atoms with Gasteiger partial charge in [0.05, 0.1) is 22.1 Å². The third kappa shape index (κ3) is 3.04. The lowest BCUT2D eigenvalue weighted by Gasteiger charge is -2.13. The zero-order valence-electron chi connectivity index (χ0n) is 20.5. The fourth-order valence-corrected chi connectivity index (χ4v) is 5.71. The normalized spacial score (nSPS) is 11.7. The Kier molecular flexibility index (Phi) is 4.49. The highest BCUT2D eigenvalue weighted by atomic mass is 15.1. The van der Waals surface area contributed by atoms with Gasteiger partial charge in [0.1, 0.15) is 11.6 Å². The molecule has 0 amide bonds. The van der Waals surface area contributed by atoms with E-state index in [1.807, 2.05) is 18.2 Å². The molecule has 0 atom stereocenters. The molecular weight excluding hydrogens is 464 g/mol. The molecule has 38 heavy (non-hydrogen) atoms. The summed E-state index contributed by atoms with van der Waals surface area (Å²) in [4.78, 5) is 10.3. The van der Waals surface area contributed by atoms with Crippen molar-refractivity contribution in [2.24, 2.45) is 0 Å². The zero-order valence-corrected chi connectivity index (χ0v) is 20.5. The van der Waals surface area contributed by atoms with Crippen molar-refractivity contribution < 1.29 is 0 Å². The number of aromatic nitrogens is 4. The minimum absolute atomic E-state index is 0.696. The van der Waals surface area contributed by atoms with Crippen LogP contribution in [0.4, 0.5) is 0 Å². The van der Waals surface area contributed by atoms with Crippen LogP contribution in [0.5, 0.6) is 0 Å². The summed E-state index contributed by atoms with van der Waals surface area (Å²) >= 11 is 0. The van der Waals surface area contributed by atoms with Gasteiger partial charge < -0.3 is 0 Å². The van der Waals surface area contributed by atoms with Gasteiger partial charge in [-0.2, -0.15) is 0 Å². The lowest BCUT2D eigenvalue weighted by Crippen LogP contribution is -2.06. The minimum Gasteiger partial charge on any atom is -0.294 e. The van der Waals surface area contributed by atoms with Crippen LogP contribution in [-0.4, -0.2) is 19.1 Å². The number of fused-ring (bicyclic) bond motifs is 6. The second-order valence-electron chi connectivity index (χ2n) is 9.51. The van der Waals surface area contributed by atoms with E-state index in [-0.39, 0.29) is 0 Å². The van der Waals surface area contributed by atoms with Crippen LogP contribution in [0.25, 0.3) is 66.6 Å². The highest BCUT2D eigenvalue weighted by Crippen LogP contribution is 2.35. The van der Waals surface area contributed by atoms with Crippen LogP contribution in [0.2, 0.25) is 0 Å².